The molecule has 8 heteroatoms. The molecule has 1 N–H and O–H groups in total. The molecule has 1 amide bonds. The summed E-state index contributed by atoms with van der Waals surface area (Å²) in [4.78, 5) is 25.8. The van der Waals surface area contributed by atoms with Gasteiger partial charge < -0.3 is 14.9 Å². The largest absolute Gasteiger partial charge is 0.490 e. The summed E-state index contributed by atoms with van der Waals surface area (Å²) >= 11 is 0. The third-order valence-electron chi connectivity index (χ3n) is 5.67. The number of hydrogen-bond donors (Lipinski definition) is 1. The van der Waals surface area contributed by atoms with Crippen molar-refractivity contribution in [3.05, 3.63) is 64.8 Å². The van der Waals surface area contributed by atoms with Crippen LogP contribution in [-0.2, 0) is 9.63 Å². The molecule has 1 fully saturated rings. The van der Waals surface area contributed by atoms with Gasteiger partial charge in [-0.25, -0.2) is 4.39 Å². The highest BCUT2D eigenvalue weighted by Crippen LogP contribution is 2.36. The van der Waals surface area contributed by atoms with Crippen LogP contribution < -0.4 is 10.1 Å². The maximum Gasteiger partial charge on any atom is 0.294 e. The highest BCUT2D eigenvalue weighted by atomic mass is 19.1. The lowest BCUT2D eigenvalue weighted by atomic mass is 9.91. The Morgan fingerprint density at radius 1 is 1.30 bits per heavy atom. The average molecular weight is 463 g/mol. The van der Waals surface area contributed by atoms with Gasteiger partial charge in [0.2, 0.25) is 5.91 Å². The van der Waals surface area contributed by atoms with E-state index >= 15 is 0 Å². The van der Waals surface area contributed by atoms with Crippen molar-refractivity contribution in [3.8, 4) is 5.75 Å². The van der Waals surface area contributed by atoms with E-state index in [2.05, 4.69) is 22.3 Å². The van der Waals surface area contributed by atoms with Crippen molar-refractivity contribution in [3.63, 3.8) is 0 Å². The Morgan fingerprint density at radius 2 is 2.09 bits per heavy atom. The van der Waals surface area contributed by atoms with E-state index in [1.807, 2.05) is 36.4 Å². The van der Waals surface area contributed by atoms with Crippen LogP contribution in [-0.4, -0.2) is 36.4 Å². The van der Waals surface area contributed by atoms with Gasteiger partial charge in [0.05, 0.1) is 0 Å². The summed E-state index contributed by atoms with van der Waals surface area (Å²) in [5.41, 5.74) is -1.52. The molecule has 7 nitrogen and oxygen atoms in total. The Hall–Kier alpha value is -2.90. The topological polar surface area (TPSA) is 90.7 Å². The molecule has 0 saturated heterocycles. The van der Waals surface area contributed by atoms with Crippen LogP contribution in [0.3, 0.4) is 0 Å². The van der Waals surface area contributed by atoms with Crippen molar-refractivity contribution in [2.75, 3.05) is 19.8 Å². The molecular weight excluding hydrogens is 427 g/mol. The fourth-order valence-corrected chi connectivity index (χ4v) is 3.89. The van der Waals surface area contributed by atoms with Crippen LogP contribution in [0.5, 0.6) is 5.75 Å². The molecule has 0 aromatic heterocycles. The second kappa shape index (κ2) is 14.3. The summed E-state index contributed by atoms with van der Waals surface area (Å²) in [7, 11) is 0. The molecule has 3 unspecified atom stereocenters. The average Bonchev–Trinajstić information content (AvgIpc) is 3.24. The van der Waals surface area contributed by atoms with E-state index in [9.17, 15) is 19.3 Å². The molecule has 1 aliphatic carbocycles. The van der Waals surface area contributed by atoms with Crippen LogP contribution in [0.15, 0.2) is 54.6 Å². The SMILES string of the molecule is CC(F)(/C=C/C1CCCC1C/C=C\CCCC(=O)NCCO[N+](=O)[O-])COc1ccccc1. The van der Waals surface area contributed by atoms with E-state index in [1.165, 1.54) is 0 Å². The smallest absolute Gasteiger partial charge is 0.294 e. The van der Waals surface area contributed by atoms with Crippen molar-refractivity contribution in [1.29, 1.82) is 0 Å². The van der Waals surface area contributed by atoms with Crippen molar-refractivity contribution in [1.82, 2.24) is 5.32 Å². The van der Waals surface area contributed by atoms with E-state index < -0.39 is 10.8 Å². The predicted molar refractivity (Wildman–Crippen MR) is 125 cm³/mol. The minimum absolute atomic E-state index is 0.0128. The number of alkyl halides is 1. The van der Waals surface area contributed by atoms with Gasteiger partial charge in [0.25, 0.3) is 5.09 Å². The number of benzene rings is 1. The molecule has 0 spiro atoms. The van der Waals surface area contributed by atoms with E-state index in [0.717, 1.165) is 32.1 Å². The Bertz CT molecular complexity index is 782. The monoisotopic (exact) mass is 462 g/mol. The lowest BCUT2D eigenvalue weighted by molar-refractivity contribution is -0.757. The van der Waals surface area contributed by atoms with E-state index in [4.69, 9.17) is 4.74 Å². The molecule has 1 aromatic rings. The van der Waals surface area contributed by atoms with Gasteiger partial charge in [0.1, 0.15) is 19.0 Å². The summed E-state index contributed by atoms with van der Waals surface area (Å²) in [6, 6.07) is 9.27. The molecule has 0 aliphatic heterocycles. The molecule has 1 saturated carbocycles. The van der Waals surface area contributed by atoms with E-state index in [-0.39, 0.29) is 25.7 Å². The molecular formula is C25H35FN2O5. The molecule has 0 radical (unpaired) electrons. The fraction of sp³-hybridized carbons (Fsp3) is 0.560. The van der Waals surface area contributed by atoms with Crippen molar-refractivity contribution in [2.45, 2.75) is 57.5 Å². The Balaban J connectivity index is 1.63. The zero-order valence-corrected chi connectivity index (χ0v) is 19.3. The Kier molecular flexibility index (Phi) is 11.4. The number of nitrogens with one attached hydrogen (secondary N) is 1. The first-order valence-electron chi connectivity index (χ1n) is 11.6. The van der Waals surface area contributed by atoms with Crippen LogP contribution in [0.25, 0.3) is 0 Å². The van der Waals surface area contributed by atoms with Crippen LogP contribution in [0.2, 0.25) is 0 Å². The van der Waals surface area contributed by atoms with Crippen LogP contribution in [0.4, 0.5) is 4.39 Å². The Morgan fingerprint density at radius 3 is 2.85 bits per heavy atom. The van der Waals surface area contributed by atoms with Crippen molar-refractivity contribution >= 4 is 5.91 Å². The second-order valence-corrected chi connectivity index (χ2v) is 8.60. The number of ether oxygens (including phenoxy) is 1. The maximum absolute atomic E-state index is 14.9. The molecule has 0 bridgehead atoms. The summed E-state index contributed by atoms with van der Waals surface area (Å²) in [6.07, 6.45) is 14.1. The molecule has 3 atom stereocenters. The fourth-order valence-electron chi connectivity index (χ4n) is 3.89. The molecule has 0 heterocycles. The van der Waals surface area contributed by atoms with Crippen LogP contribution in [0, 0.1) is 22.0 Å². The first-order chi connectivity index (χ1) is 15.9. The molecule has 33 heavy (non-hydrogen) atoms. The highest BCUT2D eigenvalue weighted by molar-refractivity contribution is 5.75. The number of rotatable bonds is 15. The van der Waals surface area contributed by atoms with Gasteiger partial charge in [-0.2, -0.15) is 0 Å². The minimum atomic E-state index is -1.52. The zero-order chi connectivity index (χ0) is 23.9. The number of hydrogen-bond acceptors (Lipinski definition) is 5. The first-order valence-corrected chi connectivity index (χ1v) is 11.6. The molecule has 1 aromatic carbocycles. The lowest BCUT2D eigenvalue weighted by Gasteiger charge is -2.19. The van der Waals surface area contributed by atoms with E-state index in [1.54, 1.807) is 13.0 Å². The first kappa shape index (κ1) is 26.4. The summed E-state index contributed by atoms with van der Waals surface area (Å²) < 4.78 is 20.4. The number of allylic oxidation sites excluding steroid dienone is 3. The zero-order valence-electron chi connectivity index (χ0n) is 19.3. The van der Waals surface area contributed by atoms with Crippen molar-refractivity contribution in [2.24, 2.45) is 11.8 Å². The summed E-state index contributed by atoms with van der Waals surface area (Å²) in [5.74, 6) is 1.41. The molecule has 182 valence electrons. The molecule has 1 aliphatic rings. The molecule has 2 rings (SSSR count). The van der Waals surface area contributed by atoms with Gasteiger partial charge in [-0.05, 0) is 69.1 Å². The normalized spacial score (nSPS) is 20.1. The maximum atomic E-state index is 14.9. The number of halogens is 1. The Labute approximate surface area is 195 Å². The second-order valence-electron chi connectivity index (χ2n) is 8.60. The number of unbranched alkanes of at least 4 members (excludes halogenated alkanes) is 1. The highest BCUT2D eigenvalue weighted by Gasteiger charge is 2.26. The van der Waals surface area contributed by atoms with Crippen LogP contribution >= 0.6 is 0 Å². The number of amides is 1. The number of carbonyl (C=O) groups is 1. The van der Waals surface area contributed by atoms with Gasteiger partial charge in [0, 0.05) is 13.0 Å². The standard InChI is InChI=1S/C25H35FN2O5/c1-25(26,20-32-23-13-6-4-7-14-23)17-16-22-12-9-11-21(22)10-5-2-3-8-15-24(29)27-18-19-33-28(30)31/h2,4-7,13-14,16-17,21-22H,3,8-12,15,18-20H2,1H3,(H,27,29)/b5-2-,17-16+. The van der Waals surface area contributed by atoms with Gasteiger partial charge in [-0.3, -0.25) is 4.79 Å². The third kappa shape index (κ3) is 11.5. The third-order valence-corrected chi connectivity index (χ3v) is 5.67. The van der Waals surface area contributed by atoms with Gasteiger partial charge in [-0.1, -0.05) is 42.8 Å². The summed E-state index contributed by atoms with van der Waals surface area (Å²) in [5, 5.41) is 11.7. The van der Waals surface area contributed by atoms with E-state index in [0.29, 0.717) is 30.4 Å². The quantitative estimate of drug-likeness (QED) is 0.167. The number of para-hydroxylation sites is 1. The predicted octanol–water partition coefficient (Wildman–Crippen LogP) is 5.21. The number of carbonyl (C=O) groups excluding carboxylic acids is 1. The summed E-state index contributed by atoms with van der Waals surface area (Å²) in [6.45, 7) is 1.52. The minimum Gasteiger partial charge on any atom is -0.490 e. The number of nitrogens with zero attached hydrogens (tertiary/aromatic N) is 1. The lowest BCUT2D eigenvalue weighted by Crippen LogP contribution is -2.27. The van der Waals surface area contributed by atoms with Gasteiger partial charge in [0.15, 0.2) is 5.67 Å². The van der Waals surface area contributed by atoms with Crippen LogP contribution in [0.1, 0.15) is 51.9 Å². The van der Waals surface area contributed by atoms with Crippen molar-refractivity contribution < 1.29 is 23.8 Å². The van der Waals surface area contributed by atoms with Gasteiger partial charge in [-0.15, -0.1) is 10.1 Å². The van der Waals surface area contributed by atoms with Gasteiger partial charge >= 0.3 is 0 Å².